The number of rotatable bonds is 5. The molecular formula is C15H26N2OS. The molecule has 1 atom stereocenters. The van der Waals surface area contributed by atoms with Gasteiger partial charge in [0, 0.05) is 29.6 Å². The van der Waals surface area contributed by atoms with Crippen molar-refractivity contribution in [3.05, 3.63) is 16.1 Å². The van der Waals surface area contributed by atoms with Gasteiger partial charge in [-0.3, -0.25) is 0 Å². The molecule has 1 aromatic rings. The van der Waals surface area contributed by atoms with E-state index in [2.05, 4.69) is 31.1 Å². The molecule has 1 aromatic heterocycles. The van der Waals surface area contributed by atoms with Gasteiger partial charge in [0.2, 0.25) is 0 Å². The summed E-state index contributed by atoms with van der Waals surface area (Å²) in [6.45, 7) is 9.55. The number of ether oxygens (including phenoxy) is 1. The summed E-state index contributed by atoms with van der Waals surface area (Å²) in [4.78, 5) is 5.84. The van der Waals surface area contributed by atoms with Crippen molar-refractivity contribution in [2.24, 2.45) is 0 Å². The first-order valence-electron chi connectivity index (χ1n) is 7.33. The van der Waals surface area contributed by atoms with Crippen molar-refractivity contribution in [3.63, 3.8) is 0 Å². The lowest BCUT2D eigenvalue weighted by Gasteiger charge is -2.22. The summed E-state index contributed by atoms with van der Waals surface area (Å²) in [6, 6.07) is 0. The molecule has 1 aliphatic rings. The summed E-state index contributed by atoms with van der Waals surface area (Å²) in [6.07, 6.45) is 7.42. The van der Waals surface area contributed by atoms with Crippen LogP contribution in [0.25, 0.3) is 0 Å². The number of nitrogens with one attached hydrogen (secondary N) is 1. The Morgan fingerprint density at radius 3 is 2.89 bits per heavy atom. The van der Waals surface area contributed by atoms with E-state index < -0.39 is 0 Å². The summed E-state index contributed by atoms with van der Waals surface area (Å²) in [5.41, 5.74) is 0.166. The van der Waals surface area contributed by atoms with E-state index in [0.29, 0.717) is 6.10 Å². The first kappa shape index (κ1) is 14.9. The van der Waals surface area contributed by atoms with Crippen LogP contribution in [0.3, 0.4) is 0 Å². The van der Waals surface area contributed by atoms with E-state index in [1.165, 1.54) is 29.1 Å². The zero-order valence-corrected chi connectivity index (χ0v) is 13.2. The zero-order valence-electron chi connectivity index (χ0n) is 12.4. The molecule has 3 nitrogen and oxygen atoms in total. The Morgan fingerprint density at radius 2 is 2.26 bits per heavy atom. The average molecular weight is 282 g/mol. The Labute approximate surface area is 120 Å². The fourth-order valence-electron chi connectivity index (χ4n) is 2.25. The highest BCUT2D eigenvalue weighted by molar-refractivity contribution is 7.11. The fraction of sp³-hybridized carbons (Fsp3) is 0.800. The van der Waals surface area contributed by atoms with Gasteiger partial charge < -0.3 is 10.1 Å². The molecule has 0 amide bonds. The van der Waals surface area contributed by atoms with Crippen molar-refractivity contribution >= 4 is 11.3 Å². The first-order chi connectivity index (χ1) is 9.05. The summed E-state index contributed by atoms with van der Waals surface area (Å²) < 4.78 is 5.73. The Bertz CT molecular complexity index is 378. The highest BCUT2D eigenvalue weighted by Crippen LogP contribution is 2.26. The van der Waals surface area contributed by atoms with Crippen molar-refractivity contribution in [3.8, 4) is 0 Å². The standard InChI is InChI=1S/C15H26N2OS/c1-15(2,3)14-17-11-13(19-14)10-16-8-7-12-6-4-5-9-18-12/h11-12,16H,4-10H2,1-3H3. The van der Waals surface area contributed by atoms with Crippen LogP contribution in [0.1, 0.15) is 56.3 Å². The van der Waals surface area contributed by atoms with Crippen LogP contribution in [0.2, 0.25) is 0 Å². The third kappa shape index (κ3) is 4.86. The molecule has 0 saturated carbocycles. The van der Waals surface area contributed by atoms with E-state index in [4.69, 9.17) is 4.74 Å². The van der Waals surface area contributed by atoms with Gasteiger partial charge in [0.05, 0.1) is 11.1 Å². The highest BCUT2D eigenvalue weighted by atomic mass is 32.1. The van der Waals surface area contributed by atoms with Crippen LogP contribution in [0.4, 0.5) is 0 Å². The van der Waals surface area contributed by atoms with Gasteiger partial charge in [-0.05, 0) is 32.2 Å². The molecule has 1 unspecified atom stereocenters. The van der Waals surface area contributed by atoms with Crippen molar-refractivity contribution in [2.45, 2.75) is 64.5 Å². The third-order valence-corrected chi connectivity index (χ3v) is 4.83. The molecule has 0 radical (unpaired) electrons. The van der Waals surface area contributed by atoms with Crippen LogP contribution >= 0.6 is 11.3 Å². The van der Waals surface area contributed by atoms with E-state index >= 15 is 0 Å². The number of hydrogen-bond acceptors (Lipinski definition) is 4. The predicted octanol–water partition coefficient (Wildman–Crippen LogP) is 3.49. The molecule has 2 heterocycles. The molecule has 1 saturated heterocycles. The lowest BCUT2D eigenvalue weighted by molar-refractivity contribution is 0.0115. The minimum Gasteiger partial charge on any atom is -0.378 e. The van der Waals surface area contributed by atoms with E-state index in [-0.39, 0.29) is 5.41 Å². The van der Waals surface area contributed by atoms with Crippen LogP contribution in [-0.4, -0.2) is 24.2 Å². The van der Waals surface area contributed by atoms with Gasteiger partial charge in [0.1, 0.15) is 0 Å². The van der Waals surface area contributed by atoms with E-state index in [9.17, 15) is 0 Å². The maximum absolute atomic E-state index is 5.73. The molecule has 1 aliphatic heterocycles. The monoisotopic (exact) mass is 282 g/mol. The lowest BCUT2D eigenvalue weighted by Crippen LogP contribution is -2.24. The van der Waals surface area contributed by atoms with Crippen molar-refractivity contribution in [2.75, 3.05) is 13.2 Å². The fourth-order valence-corrected chi connectivity index (χ4v) is 3.19. The van der Waals surface area contributed by atoms with Gasteiger partial charge >= 0.3 is 0 Å². The molecule has 0 spiro atoms. The summed E-state index contributed by atoms with van der Waals surface area (Å²) in [5, 5.41) is 4.73. The Balaban J connectivity index is 1.66. The van der Waals surface area contributed by atoms with Gasteiger partial charge in [-0.25, -0.2) is 4.98 Å². The van der Waals surface area contributed by atoms with Gasteiger partial charge in [0.25, 0.3) is 0 Å². The third-order valence-electron chi connectivity index (χ3n) is 3.41. The molecule has 0 aromatic carbocycles. The minimum atomic E-state index is 0.166. The quantitative estimate of drug-likeness (QED) is 0.839. The summed E-state index contributed by atoms with van der Waals surface area (Å²) >= 11 is 1.82. The largest absolute Gasteiger partial charge is 0.378 e. The van der Waals surface area contributed by atoms with Crippen LogP contribution < -0.4 is 5.32 Å². The van der Waals surface area contributed by atoms with Crippen LogP contribution in [0, 0.1) is 0 Å². The maximum atomic E-state index is 5.73. The number of hydrogen-bond donors (Lipinski definition) is 1. The number of thiazole rings is 1. The molecule has 4 heteroatoms. The SMILES string of the molecule is CC(C)(C)c1ncc(CNCCC2CCCCO2)s1. The predicted molar refractivity (Wildman–Crippen MR) is 80.7 cm³/mol. The van der Waals surface area contributed by atoms with Gasteiger partial charge in [-0.1, -0.05) is 20.8 Å². The van der Waals surface area contributed by atoms with Crippen LogP contribution in [-0.2, 0) is 16.7 Å². The van der Waals surface area contributed by atoms with Gasteiger partial charge in [-0.15, -0.1) is 11.3 Å². The molecule has 2 rings (SSSR count). The van der Waals surface area contributed by atoms with Crippen molar-refractivity contribution in [1.29, 1.82) is 0 Å². The average Bonchev–Trinajstić information content (AvgIpc) is 2.85. The zero-order chi connectivity index (χ0) is 13.7. The lowest BCUT2D eigenvalue weighted by atomic mass is 9.98. The van der Waals surface area contributed by atoms with Crippen molar-refractivity contribution in [1.82, 2.24) is 10.3 Å². The number of aromatic nitrogens is 1. The molecule has 1 fully saturated rings. The van der Waals surface area contributed by atoms with Gasteiger partial charge in [-0.2, -0.15) is 0 Å². The normalized spacial score (nSPS) is 20.7. The topological polar surface area (TPSA) is 34.2 Å². The second-order valence-electron chi connectivity index (χ2n) is 6.34. The number of nitrogens with zero attached hydrogens (tertiary/aromatic N) is 1. The smallest absolute Gasteiger partial charge is 0.0981 e. The first-order valence-corrected chi connectivity index (χ1v) is 8.15. The molecule has 19 heavy (non-hydrogen) atoms. The molecule has 108 valence electrons. The highest BCUT2D eigenvalue weighted by Gasteiger charge is 2.18. The molecule has 0 aliphatic carbocycles. The molecule has 0 bridgehead atoms. The van der Waals surface area contributed by atoms with E-state index in [0.717, 1.165) is 26.1 Å². The minimum absolute atomic E-state index is 0.166. The van der Waals surface area contributed by atoms with E-state index in [1.54, 1.807) is 0 Å². The molecular weight excluding hydrogens is 256 g/mol. The van der Waals surface area contributed by atoms with Gasteiger partial charge in [0.15, 0.2) is 0 Å². The second kappa shape index (κ2) is 6.82. The van der Waals surface area contributed by atoms with Crippen molar-refractivity contribution < 1.29 is 4.74 Å². The Hall–Kier alpha value is -0.450. The van der Waals surface area contributed by atoms with Crippen LogP contribution in [0.5, 0.6) is 0 Å². The van der Waals surface area contributed by atoms with Crippen LogP contribution in [0.15, 0.2) is 6.20 Å². The maximum Gasteiger partial charge on any atom is 0.0981 e. The Kier molecular flexibility index (Phi) is 5.37. The van der Waals surface area contributed by atoms with E-state index in [1.807, 2.05) is 17.5 Å². The molecule has 1 N–H and O–H groups in total. The second-order valence-corrected chi connectivity index (χ2v) is 7.45. The summed E-state index contributed by atoms with van der Waals surface area (Å²) in [7, 11) is 0. The Morgan fingerprint density at radius 1 is 1.42 bits per heavy atom. The summed E-state index contributed by atoms with van der Waals surface area (Å²) in [5.74, 6) is 0.